The van der Waals surface area contributed by atoms with Gasteiger partial charge in [0.2, 0.25) is 5.95 Å². The quantitative estimate of drug-likeness (QED) is 0.578. The Kier molecular flexibility index (Phi) is 7.69. The molecule has 0 radical (unpaired) electrons. The van der Waals surface area contributed by atoms with Gasteiger partial charge in [0.15, 0.2) is 5.75 Å². The molecule has 0 aliphatic carbocycles. The Hall–Kier alpha value is -2.16. The monoisotopic (exact) mass is 440 g/mol. The van der Waals surface area contributed by atoms with E-state index in [0.717, 1.165) is 43.4 Å². The molecule has 1 fully saturated rings. The van der Waals surface area contributed by atoms with E-state index in [9.17, 15) is 13.2 Å². The van der Waals surface area contributed by atoms with Crippen LogP contribution in [0.5, 0.6) is 5.75 Å². The van der Waals surface area contributed by atoms with Crippen LogP contribution in [-0.4, -0.2) is 41.7 Å². The van der Waals surface area contributed by atoms with Gasteiger partial charge in [-0.25, -0.2) is 9.97 Å². The maximum Gasteiger partial charge on any atom is 0.416 e. The number of nitrogens with zero attached hydrogens (tertiary/aromatic N) is 3. The Morgan fingerprint density at radius 3 is 2.53 bits per heavy atom. The molecule has 30 heavy (non-hydrogen) atoms. The van der Waals surface area contributed by atoms with Crippen molar-refractivity contribution in [1.29, 1.82) is 0 Å². The zero-order valence-electron chi connectivity index (χ0n) is 17.2. The third-order valence-electron chi connectivity index (χ3n) is 5.15. The van der Waals surface area contributed by atoms with Crippen LogP contribution in [0, 0.1) is 5.92 Å². The van der Waals surface area contributed by atoms with E-state index in [1.54, 1.807) is 30.2 Å². The molecule has 164 valence electrons. The average Bonchev–Trinajstić information content (AvgIpc) is 2.73. The van der Waals surface area contributed by atoms with E-state index in [2.05, 4.69) is 27.1 Å². The summed E-state index contributed by atoms with van der Waals surface area (Å²) in [6.45, 7) is 4.67. The Bertz CT molecular complexity index is 809. The lowest BCUT2D eigenvalue weighted by Crippen LogP contribution is -2.33. The van der Waals surface area contributed by atoms with E-state index < -0.39 is 11.7 Å². The molecular formula is C21H27F3N4OS. The van der Waals surface area contributed by atoms with E-state index in [0.29, 0.717) is 29.8 Å². The summed E-state index contributed by atoms with van der Waals surface area (Å²) in [5, 5.41) is 3.05. The van der Waals surface area contributed by atoms with Crippen LogP contribution in [-0.2, 0) is 12.7 Å². The van der Waals surface area contributed by atoms with Crippen LogP contribution in [0.2, 0.25) is 0 Å². The first kappa shape index (κ1) is 22.5. The standard InChI is InChI=1S/C21H27F3N4OS/c1-15-5-7-28(8-6-15)19-4-3-17(21(22,23)24)11-16(19)12-25-20-26-13-18(14-27-20)29-9-10-30-2/h3-4,11,13-15H,5-10,12H2,1-2H3,(H,25,26,27). The molecule has 0 amide bonds. The van der Waals surface area contributed by atoms with Crippen LogP contribution >= 0.6 is 11.8 Å². The second-order valence-corrected chi connectivity index (χ2v) is 8.43. The van der Waals surface area contributed by atoms with Crippen LogP contribution in [0.4, 0.5) is 24.8 Å². The summed E-state index contributed by atoms with van der Waals surface area (Å²) in [4.78, 5) is 10.6. The van der Waals surface area contributed by atoms with Crippen molar-refractivity contribution >= 4 is 23.4 Å². The molecule has 1 aliphatic heterocycles. The zero-order valence-corrected chi connectivity index (χ0v) is 18.0. The Morgan fingerprint density at radius 1 is 1.20 bits per heavy atom. The maximum atomic E-state index is 13.3. The van der Waals surface area contributed by atoms with Gasteiger partial charge in [-0.15, -0.1) is 0 Å². The predicted octanol–water partition coefficient (Wildman–Crippen LogP) is 5.09. The van der Waals surface area contributed by atoms with E-state index in [-0.39, 0.29) is 6.54 Å². The first-order valence-corrected chi connectivity index (χ1v) is 11.4. The number of piperidine rings is 1. The largest absolute Gasteiger partial charge is 0.489 e. The van der Waals surface area contributed by atoms with Gasteiger partial charge in [-0.3, -0.25) is 0 Å². The number of alkyl halides is 3. The minimum atomic E-state index is -4.38. The van der Waals surface area contributed by atoms with Gasteiger partial charge in [-0.05, 0) is 48.8 Å². The molecule has 0 saturated carbocycles. The number of anilines is 2. The highest BCUT2D eigenvalue weighted by Crippen LogP contribution is 2.34. The van der Waals surface area contributed by atoms with Gasteiger partial charge >= 0.3 is 6.18 Å². The van der Waals surface area contributed by atoms with E-state index in [4.69, 9.17) is 4.74 Å². The van der Waals surface area contributed by atoms with Crippen molar-refractivity contribution in [3.63, 3.8) is 0 Å². The molecular weight excluding hydrogens is 413 g/mol. The van der Waals surface area contributed by atoms with Crippen molar-refractivity contribution < 1.29 is 17.9 Å². The van der Waals surface area contributed by atoms with Gasteiger partial charge in [0, 0.05) is 31.1 Å². The summed E-state index contributed by atoms with van der Waals surface area (Å²) < 4.78 is 45.3. The van der Waals surface area contributed by atoms with Gasteiger partial charge in [0.25, 0.3) is 0 Å². The zero-order chi connectivity index (χ0) is 21.6. The van der Waals surface area contributed by atoms with Crippen molar-refractivity contribution in [2.45, 2.75) is 32.5 Å². The fourth-order valence-electron chi connectivity index (χ4n) is 3.36. The third-order valence-corrected chi connectivity index (χ3v) is 5.73. The number of hydrogen-bond acceptors (Lipinski definition) is 6. The molecule has 9 heteroatoms. The van der Waals surface area contributed by atoms with Crippen LogP contribution in [0.3, 0.4) is 0 Å². The van der Waals surface area contributed by atoms with Crippen LogP contribution < -0.4 is 15.0 Å². The highest BCUT2D eigenvalue weighted by Gasteiger charge is 2.31. The summed E-state index contributed by atoms with van der Waals surface area (Å²) in [5.41, 5.74) is 0.773. The summed E-state index contributed by atoms with van der Waals surface area (Å²) >= 11 is 1.68. The number of hydrogen-bond donors (Lipinski definition) is 1. The fraction of sp³-hybridized carbons (Fsp3) is 0.524. The molecule has 5 nitrogen and oxygen atoms in total. The van der Waals surface area contributed by atoms with Gasteiger partial charge < -0.3 is 15.0 Å². The van der Waals surface area contributed by atoms with Gasteiger partial charge in [0.05, 0.1) is 24.6 Å². The summed E-state index contributed by atoms with van der Waals surface area (Å²) in [5.74, 6) is 2.43. The van der Waals surface area contributed by atoms with E-state index in [1.165, 1.54) is 6.07 Å². The minimum absolute atomic E-state index is 0.206. The van der Waals surface area contributed by atoms with Crippen LogP contribution in [0.25, 0.3) is 0 Å². The molecule has 1 aliphatic rings. The number of ether oxygens (including phenoxy) is 1. The number of thioether (sulfide) groups is 1. The lowest BCUT2D eigenvalue weighted by Gasteiger charge is -2.34. The third kappa shape index (κ3) is 6.17. The van der Waals surface area contributed by atoms with Crippen molar-refractivity contribution in [2.24, 2.45) is 5.92 Å². The molecule has 2 heterocycles. The predicted molar refractivity (Wildman–Crippen MR) is 115 cm³/mol. The SMILES string of the molecule is CSCCOc1cnc(NCc2cc(C(F)(F)F)ccc2N2CCC(C)CC2)nc1. The number of rotatable bonds is 8. The second kappa shape index (κ2) is 10.2. The Labute approximate surface area is 179 Å². The smallest absolute Gasteiger partial charge is 0.416 e. The van der Waals surface area contributed by atoms with Crippen molar-refractivity contribution in [3.8, 4) is 5.75 Å². The van der Waals surface area contributed by atoms with Crippen LogP contribution in [0.1, 0.15) is 30.9 Å². The lowest BCUT2D eigenvalue weighted by atomic mass is 9.97. The number of aromatic nitrogens is 2. The molecule has 0 unspecified atom stereocenters. The van der Waals surface area contributed by atoms with E-state index in [1.807, 2.05) is 6.26 Å². The molecule has 0 spiro atoms. The summed E-state index contributed by atoms with van der Waals surface area (Å²) in [6.07, 6.45) is 2.82. The van der Waals surface area contributed by atoms with Gasteiger partial charge in [0.1, 0.15) is 0 Å². The number of nitrogens with one attached hydrogen (secondary N) is 1. The number of halogens is 3. The highest BCUT2D eigenvalue weighted by atomic mass is 32.2. The number of benzene rings is 1. The topological polar surface area (TPSA) is 50.3 Å². The average molecular weight is 441 g/mol. The molecule has 1 aromatic heterocycles. The second-order valence-electron chi connectivity index (χ2n) is 7.45. The molecule has 0 atom stereocenters. The van der Waals surface area contributed by atoms with Crippen LogP contribution in [0.15, 0.2) is 30.6 Å². The summed E-state index contributed by atoms with van der Waals surface area (Å²) in [6, 6.07) is 3.97. The normalized spacial score (nSPS) is 15.3. The molecule has 2 aromatic rings. The Balaban J connectivity index is 1.72. The first-order chi connectivity index (χ1) is 14.4. The Morgan fingerprint density at radius 2 is 1.90 bits per heavy atom. The first-order valence-electron chi connectivity index (χ1n) is 9.99. The molecule has 3 rings (SSSR count). The maximum absolute atomic E-state index is 13.3. The highest BCUT2D eigenvalue weighted by molar-refractivity contribution is 7.98. The van der Waals surface area contributed by atoms with E-state index >= 15 is 0 Å². The molecule has 1 N–H and O–H groups in total. The van der Waals surface area contributed by atoms with Crippen molar-refractivity contribution in [2.75, 3.05) is 41.9 Å². The lowest BCUT2D eigenvalue weighted by molar-refractivity contribution is -0.137. The fourth-order valence-corrected chi connectivity index (χ4v) is 3.61. The van der Waals surface area contributed by atoms with Gasteiger partial charge in [-0.1, -0.05) is 6.92 Å². The molecule has 1 aromatic carbocycles. The van der Waals surface area contributed by atoms with Gasteiger partial charge in [-0.2, -0.15) is 24.9 Å². The van der Waals surface area contributed by atoms with Crippen molar-refractivity contribution in [1.82, 2.24) is 9.97 Å². The van der Waals surface area contributed by atoms with Crippen molar-refractivity contribution in [3.05, 3.63) is 41.7 Å². The molecule has 0 bridgehead atoms. The minimum Gasteiger partial charge on any atom is -0.489 e. The molecule has 1 saturated heterocycles. The summed E-state index contributed by atoms with van der Waals surface area (Å²) in [7, 11) is 0.